The summed E-state index contributed by atoms with van der Waals surface area (Å²) in [5, 5.41) is 21.0. The molecule has 0 aliphatic carbocycles. The standard InChI is InChI=1S/C21H19N5O4/c1-12-8-9-15(26(29)30)10-16(12)22-18(27)11-17-21(28)23-20-19(13(2)24-25(17)20)14-6-4-3-5-7-14/h3-10,17H,11H2,1-2H3,(H,22,27)(H,23,28). The van der Waals surface area contributed by atoms with Gasteiger partial charge in [-0.05, 0) is 25.0 Å². The normalized spacial score (nSPS) is 14.9. The summed E-state index contributed by atoms with van der Waals surface area (Å²) in [6, 6.07) is 13.0. The number of nitro benzene ring substituents is 1. The van der Waals surface area contributed by atoms with Crippen LogP contribution in [0.15, 0.2) is 48.5 Å². The van der Waals surface area contributed by atoms with Crippen LogP contribution < -0.4 is 10.6 Å². The molecule has 1 aliphatic heterocycles. The lowest BCUT2D eigenvalue weighted by molar-refractivity contribution is -0.384. The molecule has 2 N–H and O–H groups in total. The van der Waals surface area contributed by atoms with E-state index in [-0.39, 0.29) is 18.0 Å². The maximum absolute atomic E-state index is 12.6. The zero-order valence-electron chi connectivity index (χ0n) is 16.4. The molecular formula is C21H19N5O4. The number of hydrogen-bond acceptors (Lipinski definition) is 5. The number of nitro groups is 1. The van der Waals surface area contributed by atoms with E-state index in [9.17, 15) is 19.7 Å². The number of nitrogens with zero attached hydrogens (tertiary/aromatic N) is 3. The monoisotopic (exact) mass is 405 g/mol. The first kappa shape index (κ1) is 19.3. The van der Waals surface area contributed by atoms with Crippen molar-refractivity contribution in [3.63, 3.8) is 0 Å². The SMILES string of the molecule is Cc1ccc([N+](=O)[O-])cc1NC(=O)CC1C(=O)Nc2c(-c3ccccc3)c(C)nn21. The molecule has 0 radical (unpaired) electrons. The molecule has 152 valence electrons. The Bertz CT molecular complexity index is 1170. The quantitative estimate of drug-likeness (QED) is 0.496. The number of aryl methyl sites for hydroxylation is 2. The van der Waals surface area contributed by atoms with Gasteiger partial charge in [0.05, 0.1) is 22.7 Å². The molecule has 0 fully saturated rings. The molecule has 0 saturated carbocycles. The Morgan fingerprint density at radius 2 is 1.97 bits per heavy atom. The summed E-state index contributed by atoms with van der Waals surface area (Å²) in [6.07, 6.45) is -0.143. The van der Waals surface area contributed by atoms with Crippen LogP contribution in [0.25, 0.3) is 11.1 Å². The number of carbonyl (C=O) groups excluding carboxylic acids is 2. The molecule has 1 unspecified atom stereocenters. The van der Waals surface area contributed by atoms with Crippen molar-refractivity contribution >= 4 is 29.0 Å². The lowest BCUT2D eigenvalue weighted by Gasteiger charge is -2.11. The number of anilines is 2. The van der Waals surface area contributed by atoms with Crippen LogP contribution in [0.5, 0.6) is 0 Å². The van der Waals surface area contributed by atoms with Crippen molar-refractivity contribution in [3.05, 3.63) is 69.9 Å². The third-order valence-corrected chi connectivity index (χ3v) is 5.07. The highest BCUT2D eigenvalue weighted by Gasteiger charge is 2.36. The lowest BCUT2D eigenvalue weighted by Crippen LogP contribution is -2.24. The fourth-order valence-corrected chi connectivity index (χ4v) is 3.57. The van der Waals surface area contributed by atoms with Crippen LogP contribution in [-0.2, 0) is 9.59 Å². The zero-order valence-corrected chi connectivity index (χ0v) is 16.4. The van der Waals surface area contributed by atoms with Crippen LogP contribution in [0.2, 0.25) is 0 Å². The Kier molecular flexibility index (Phi) is 4.78. The number of carbonyl (C=O) groups is 2. The van der Waals surface area contributed by atoms with Crippen LogP contribution in [0.3, 0.4) is 0 Å². The highest BCUT2D eigenvalue weighted by molar-refractivity contribution is 6.04. The summed E-state index contributed by atoms with van der Waals surface area (Å²) in [5.74, 6) is -0.186. The highest BCUT2D eigenvalue weighted by atomic mass is 16.6. The molecular weight excluding hydrogens is 386 g/mol. The fourth-order valence-electron chi connectivity index (χ4n) is 3.57. The number of rotatable bonds is 5. The molecule has 9 nitrogen and oxygen atoms in total. The van der Waals surface area contributed by atoms with Gasteiger partial charge >= 0.3 is 0 Å². The number of benzene rings is 2. The average Bonchev–Trinajstić information content (AvgIpc) is 3.18. The Morgan fingerprint density at radius 1 is 1.23 bits per heavy atom. The predicted octanol–water partition coefficient (Wildman–Crippen LogP) is 3.60. The van der Waals surface area contributed by atoms with Crippen LogP contribution in [0, 0.1) is 24.0 Å². The molecule has 2 amide bonds. The molecule has 1 aliphatic rings. The van der Waals surface area contributed by atoms with E-state index in [1.54, 1.807) is 17.7 Å². The second-order valence-electron chi connectivity index (χ2n) is 7.13. The fraction of sp³-hybridized carbons (Fsp3) is 0.190. The van der Waals surface area contributed by atoms with E-state index < -0.39 is 16.9 Å². The van der Waals surface area contributed by atoms with Crippen molar-refractivity contribution in [2.24, 2.45) is 0 Å². The summed E-state index contributed by atoms with van der Waals surface area (Å²) in [4.78, 5) is 35.6. The second kappa shape index (κ2) is 7.43. The Labute approximate surface area is 171 Å². The van der Waals surface area contributed by atoms with E-state index in [2.05, 4.69) is 15.7 Å². The minimum atomic E-state index is -0.796. The smallest absolute Gasteiger partial charge is 0.271 e. The molecule has 1 atom stereocenters. The third-order valence-electron chi connectivity index (χ3n) is 5.07. The van der Waals surface area contributed by atoms with Crippen molar-refractivity contribution < 1.29 is 14.5 Å². The van der Waals surface area contributed by atoms with Crippen molar-refractivity contribution in [1.82, 2.24) is 9.78 Å². The van der Waals surface area contributed by atoms with E-state index in [1.807, 2.05) is 37.3 Å². The maximum Gasteiger partial charge on any atom is 0.271 e. The van der Waals surface area contributed by atoms with Gasteiger partial charge in [0.15, 0.2) is 0 Å². The average molecular weight is 405 g/mol. The first-order valence-corrected chi connectivity index (χ1v) is 9.35. The van der Waals surface area contributed by atoms with Crippen molar-refractivity contribution in [3.8, 4) is 11.1 Å². The number of amides is 2. The van der Waals surface area contributed by atoms with Gasteiger partial charge in [0.2, 0.25) is 5.91 Å². The van der Waals surface area contributed by atoms with Crippen molar-refractivity contribution in [2.45, 2.75) is 26.3 Å². The van der Waals surface area contributed by atoms with Gasteiger partial charge in [-0.15, -0.1) is 0 Å². The van der Waals surface area contributed by atoms with Gasteiger partial charge in [0.1, 0.15) is 11.9 Å². The molecule has 1 aromatic heterocycles. The molecule has 0 spiro atoms. The van der Waals surface area contributed by atoms with Gasteiger partial charge in [-0.3, -0.25) is 19.7 Å². The van der Waals surface area contributed by atoms with Gasteiger partial charge in [-0.2, -0.15) is 5.10 Å². The highest BCUT2D eigenvalue weighted by Crippen LogP contribution is 2.38. The van der Waals surface area contributed by atoms with Gasteiger partial charge in [-0.25, -0.2) is 4.68 Å². The van der Waals surface area contributed by atoms with Crippen LogP contribution >= 0.6 is 0 Å². The molecule has 4 rings (SSSR count). The Hall–Kier alpha value is -4.01. The molecule has 30 heavy (non-hydrogen) atoms. The van der Waals surface area contributed by atoms with E-state index >= 15 is 0 Å². The van der Waals surface area contributed by atoms with Crippen LogP contribution in [0.1, 0.15) is 23.7 Å². The Morgan fingerprint density at radius 3 is 2.67 bits per heavy atom. The number of aromatic nitrogens is 2. The van der Waals surface area contributed by atoms with Crippen molar-refractivity contribution in [1.29, 1.82) is 0 Å². The first-order valence-electron chi connectivity index (χ1n) is 9.35. The zero-order chi connectivity index (χ0) is 21.4. The number of fused-ring (bicyclic) bond motifs is 1. The summed E-state index contributed by atoms with van der Waals surface area (Å²) in [6.45, 7) is 3.59. The van der Waals surface area contributed by atoms with Gasteiger partial charge in [0, 0.05) is 17.7 Å². The predicted molar refractivity (Wildman–Crippen MR) is 111 cm³/mol. The topological polar surface area (TPSA) is 119 Å². The van der Waals surface area contributed by atoms with Crippen LogP contribution in [-0.4, -0.2) is 26.5 Å². The number of nitrogens with one attached hydrogen (secondary N) is 2. The molecule has 2 heterocycles. The van der Waals surface area contributed by atoms with Gasteiger partial charge in [-0.1, -0.05) is 36.4 Å². The molecule has 2 aromatic carbocycles. The number of hydrogen-bond donors (Lipinski definition) is 2. The van der Waals surface area contributed by atoms with Gasteiger partial charge < -0.3 is 10.6 Å². The molecule has 9 heteroatoms. The van der Waals surface area contributed by atoms with E-state index in [0.717, 1.165) is 16.8 Å². The van der Waals surface area contributed by atoms with E-state index in [1.165, 1.54) is 12.1 Å². The summed E-state index contributed by atoms with van der Waals surface area (Å²) in [5.41, 5.74) is 3.40. The maximum atomic E-state index is 12.6. The van der Waals surface area contributed by atoms with Gasteiger partial charge in [0.25, 0.3) is 11.6 Å². The minimum Gasteiger partial charge on any atom is -0.326 e. The molecule has 0 bridgehead atoms. The Balaban J connectivity index is 1.58. The molecule has 0 saturated heterocycles. The van der Waals surface area contributed by atoms with Crippen molar-refractivity contribution in [2.75, 3.05) is 10.6 Å². The third kappa shape index (κ3) is 3.41. The largest absolute Gasteiger partial charge is 0.326 e. The minimum absolute atomic E-state index is 0.119. The lowest BCUT2D eigenvalue weighted by atomic mass is 10.1. The van der Waals surface area contributed by atoms with E-state index in [4.69, 9.17) is 0 Å². The summed E-state index contributed by atoms with van der Waals surface area (Å²) >= 11 is 0. The molecule has 3 aromatic rings. The first-order chi connectivity index (χ1) is 14.3. The number of non-ortho nitro benzene ring substituents is 1. The summed E-state index contributed by atoms with van der Waals surface area (Å²) < 4.78 is 1.54. The van der Waals surface area contributed by atoms with E-state index in [0.29, 0.717) is 17.1 Å². The van der Waals surface area contributed by atoms with Crippen LogP contribution in [0.4, 0.5) is 17.2 Å². The second-order valence-corrected chi connectivity index (χ2v) is 7.13. The summed E-state index contributed by atoms with van der Waals surface area (Å²) in [7, 11) is 0.